The molecule has 0 radical (unpaired) electrons. The Morgan fingerprint density at radius 2 is 1.95 bits per heavy atom. The second kappa shape index (κ2) is 6.51. The Morgan fingerprint density at radius 1 is 1.20 bits per heavy atom. The van der Waals surface area contributed by atoms with Gasteiger partial charge in [0.25, 0.3) is 5.91 Å². The second-order valence-corrected chi connectivity index (χ2v) is 4.28. The van der Waals surface area contributed by atoms with Crippen LogP contribution in [-0.2, 0) is 11.3 Å². The predicted molar refractivity (Wildman–Crippen MR) is 71.9 cm³/mol. The molecule has 2 aromatic rings. The minimum Gasteiger partial charge on any atom is -0.351 e. The molecule has 104 valence electrons. The van der Waals surface area contributed by atoms with Crippen molar-refractivity contribution in [1.82, 2.24) is 15.8 Å². The lowest BCUT2D eigenvalue weighted by atomic mass is 10.2. The highest BCUT2D eigenvalue weighted by atomic mass is 16.5. The van der Waals surface area contributed by atoms with E-state index in [0.29, 0.717) is 12.2 Å². The summed E-state index contributed by atoms with van der Waals surface area (Å²) in [4.78, 5) is 23.2. The summed E-state index contributed by atoms with van der Waals surface area (Å²) in [5.74, 6) is -0.628. The van der Waals surface area contributed by atoms with Gasteiger partial charge < -0.3 is 15.2 Å². The number of amides is 2. The number of carbonyl (C=O) groups is 2. The number of nitrogens with zero attached hydrogens (tertiary/aromatic N) is 1. The summed E-state index contributed by atoms with van der Waals surface area (Å²) in [6, 6.07) is 11.0. The van der Waals surface area contributed by atoms with Crippen LogP contribution in [-0.4, -0.2) is 23.5 Å². The van der Waals surface area contributed by atoms with Crippen molar-refractivity contribution in [1.29, 1.82) is 0 Å². The standard InChI is InChI=1S/C14H15N3O3/c1-10-7-12(20-17-10)14(19)16-9-13(18)15-8-11-5-3-2-4-6-11/h2-7H,8-9H2,1H3,(H,15,18)(H,16,19). The lowest BCUT2D eigenvalue weighted by Crippen LogP contribution is -2.36. The van der Waals surface area contributed by atoms with Crippen molar-refractivity contribution in [2.24, 2.45) is 0 Å². The van der Waals surface area contributed by atoms with E-state index in [1.54, 1.807) is 6.92 Å². The molecular weight excluding hydrogens is 258 g/mol. The molecule has 0 fully saturated rings. The summed E-state index contributed by atoms with van der Waals surface area (Å²) in [6.45, 7) is 2.04. The third kappa shape index (κ3) is 3.94. The molecule has 0 atom stereocenters. The van der Waals surface area contributed by atoms with E-state index in [-0.39, 0.29) is 18.2 Å². The smallest absolute Gasteiger partial charge is 0.290 e. The van der Waals surface area contributed by atoms with Crippen molar-refractivity contribution in [2.45, 2.75) is 13.5 Å². The molecule has 0 saturated heterocycles. The zero-order valence-corrected chi connectivity index (χ0v) is 11.1. The zero-order valence-electron chi connectivity index (χ0n) is 11.1. The van der Waals surface area contributed by atoms with Crippen molar-refractivity contribution in [3.8, 4) is 0 Å². The molecule has 2 N–H and O–H groups in total. The van der Waals surface area contributed by atoms with Crippen LogP contribution in [0.2, 0.25) is 0 Å². The fraction of sp³-hybridized carbons (Fsp3) is 0.214. The first-order valence-corrected chi connectivity index (χ1v) is 6.17. The molecule has 0 spiro atoms. The van der Waals surface area contributed by atoms with Crippen LogP contribution in [0.25, 0.3) is 0 Å². The van der Waals surface area contributed by atoms with E-state index in [9.17, 15) is 9.59 Å². The Kier molecular flexibility index (Phi) is 4.49. The van der Waals surface area contributed by atoms with Crippen molar-refractivity contribution in [2.75, 3.05) is 6.54 Å². The van der Waals surface area contributed by atoms with Crippen molar-refractivity contribution in [3.63, 3.8) is 0 Å². The van der Waals surface area contributed by atoms with Gasteiger partial charge in [0.2, 0.25) is 11.7 Å². The van der Waals surface area contributed by atoms with Crippen molar-refractivity contribution >= 4 is 11.8 Å². The number of nitrogens with one attached hydrogen (secondary N) is 2. The average Bonchev–Trinajstić information content (AvgIpc) is 2.90. The van der Waals surface area contributed by atoms with Gasteiger partial charge >= 0.3 is 0 Å². The summed E-state index contributed by atoms with van der Waals surface area (Å²) in [5.41, 5.74) is 1.61. The summed E-state index contributed by atoms with van der Waals surface area (Å²) in [6.07, 6.45) is 0. The highest BCUT2D eigenvalue weighted by Gasteiger charge is 2.12. The Bertz CT molecular complexity index is 593. The first-order valence-electron chi connectivity index (χ1n) is 6.17. The molecule has 0 bridgehead atoms. The maximum Gasteiger partial charge on any atom is 0.290 e. The molecule has 0 saturated carbocycles. The van der Waals surface area contributed by atoms with Gasteiger partial charge in [0.05, 0.1) is 12.2 Å². The average molecular weight is 273 g/mol. The van der Waals surface area contributed by atoms with E-state index in [4.69, 9.17) is 4.52 Å². The molecule has 1 aromatic carbocycles. The minimum atomic E-state index is -0.458. The fourth-order valence-corrected chi connectivity index (χ4v) is 1.58. The topological polar surface area (TPSA) is 84.2 Å². The lowest BCUT2D eigenvalue weighted by molar-refractivity contribution is -0.120. The van der Waals surface area contributed by atoms with Crippen LogP contribution in [0.1, 0.15) is 21.8 Å². The van der Waals surface area contributed by atoms with Crippen LogP contribution < -0.4 is 10.6 Å². The second-order valence-electron chi connectivity index (χ2n) is 4.28. The van der Waals surface area contributed by atoms with E-state index in [1.807, 2.05) is 30.3 Å². The molecule has 0 aliphatic rings. The summed E-state index contributed by atoms with van der Waals surface area (Å²) in [5, 5.41) is 8.78. The molecule has 2 amide bonds. The largest absolute Gasteiger partial charge is 0.351 e. The molecule has 0 aliphatic heterocycles. The molecule has 0 unspecified atom stereocenters. The van der Waals surface area contributed by atoms with E-state index in [2.05, 4.69) is 15.8 Å². The fourth-order valence-electron chi connectivity index (χ4n) is 1.58. The number of rotatable bonds is 5. The molecule has 20 heavy (non-hydrogen) atoms. The van der Waals surface area contributed by atoms with Gasteiger partial charge in [-0.15, -0.1) is 0 Å². The van der Waals surface area contributed by atoms with Crippen LogP contribution in [0.3, 0.4) is 0 Å². The van der Waals surface area contributed by atoms with E-state index in [1.165, 1.54) is 6.07 Å². The molecule has 2 rings (SSSR count). The highest BCUT2D eigenvalue weighted by Crippen LogP contribution is 2.01. The van der Waals surface area contributed by atoms with E-state index < -0.39 is 5.91 Å². The Balaban J connectivity index is 1.74. The van der Waals surface area contributed by atoms with Crippen LogP contribution in [0.4, 0.5) is 0 Å². The Morgan fingerprint density at radius 3 is 2.60 bits per heavy atom. The third-order valence-corrected chi connectivity index (χ3v) is 2.59. The molecular formula is C14H15N3O3. The van der Waals surface area contributed by atoms with Crippen LogP contribution >= 0.6 is 0 Å². The van der Waals surface area contributed by atoms with Crippen molar-refractivity contribution in [3.05, 3.63) is 53.4 Å². The normalized spacial score (nSPS) is 10.1. The summed E-state index contributed by atoms with van der Waals surface area (Å²) < 4.78 is 4.79. The van der Waals surface area contributed by atoms with E-state index >= 15 is 0 Å². The Labute approximate surface area is 116 Å². The van der Waals surface area contributed by atoms with Crippen LogP contribution in [0.5, 0.6) is 0 Å². The lowest BCUT2D eigenvalue weighted by Gasteiger charge is -2.05. The molecule has 6 heteroatoms. The number of benzene rings is 1. The SMILES string of the molecule is Cc1cc(C(=O)NCC(=O)NCc2ccccc2)on1. The predicted octanol–water partition coefficient (Wildman–Crippen LogP) is 1.03. The third-order valence-electron chi connectivity index (χ3n) is 2.59. The molecule has 0 aliphatic carbocycles. The first-order chi connectivity index (χ1) is 9.65. The first kappa shape index (κ1) is 13.8. The number of hydrogen-bond donors (Lipinski definition) is 2. The van der Waals surface area contributed by atoms with Crippen molar-refractivity contribution < 1.29 is 14.1 Å². The quantitative estimate of drug-likeness (QED) is 0.852. The van der Waals surface area contributed by atoms with Gasteiger partial charge in [-0.05, 0) is 12.5 Å². The van der Waals surface area contributed by atoms with Gasteiger partial charge in [0.1, 0.15) is 0 Å². The maximum absolute atomic E-state index is 11.6. The number of aryl methyl sites for hydroxylation is 1. The molecule has 6 nitrogen and oxygen atoms in total. The Hall–Kier alpha value is -2.63. The molecule has 1 heterocycles. The van der Waals surface area contributed by atoms with Gasteiger partial charge in [-0.25, -0.2) is 0 Å². The van der Waals surface area contributed by atoms with Gasteiger partial charge in [-0.2, -0.15) is 0 Å². The highest BCUT2D eigenvalue weighted by molar-refractivity contribution is 5.94. The van der Waals surface area contributed by atoms with Crippen LogP contribution in [0, 0.1) is 6.92 Å². The number of hydrogen-bond acceptors (Lipinski definition) is 4. The van der Waals surface area contributed by atoms with E-state index in [0.717, 1.165) is 5.56 Å². The van der Waals surface area contributed by atoms with Gasteiger partial charge in [0, 0.05) is 12.6 Å². The monoisotopic (exact) mass is 273 g/mol. The van der Waals surface area contributed by atoms with Gasteiger partial charge in [-0.3, -0.25) is 9.59 Å². The zero-order chi connectivity index (χ0) is 14.4. The maximum atomic E-state index is 11.6. The number of aromatic nitrogens is 1. The number of carbonyl (C=O) groups excluding carboxylic acids is 2. The van der Waals surface area contributed by atoms with Crippen LogP contribution in [0.15, 0.2) is 40.9 Å². The van der Waals surface area contributed by atoms with Gasteiger partial charge in [-0.1, -0.05) is 35.5 Å². The summed E-state index contributed by atoms with van der Waals surface area (Å²) in [7, 11) is 0. The minimum absolute atomic E-state index is 0.0957. The van der Waals surface area contributed by atoms with Gasteiger partial charge in [0.15, 0.2) is 0 Å². The summed E-state index contributed by atoms with van der Waals surface area (Å²) >= 11 is 0. The molecule has 1 aromatic heterocycles.